The van der Waals surface area contributed by atoms with E-state index in [1.165, 1.54) is 15.6 Å². The number of anilines is 1. The summed E-state index contributed by atoms with van der Waals surface area (Å²) in [6.45, 7) is 8.91. The van der Waals surface area contributed by atoms with E-state index in [1.807, 2.05) is 20.8 Å². The van der Waals surface area contributed by atoms with E-state index >= 15 is 0 Å². The minimum absolute atomic E-state index is 0.181. The van der Waals surface area contributed by atoms with E-state index in [9.17, 15) is 13.2 Å². The molecule has 0 saturated heterocycles. The molecule has 136 valence electrons. The molecule has 0 radical (unpaired) electrons. The van der Waals surface area contributed by atoms with E-state index in [1.54, 1.807) is 38.1 Å². The van der Waals surface area contributed by atoms with Gasteiger partial charge in [0, 0.05) is 10.9 Å². The van der Waals surface area contributed by atoms with Crippen LogP contribution in [0.15, 0.2) is 29.2 Å². The van der Waals surface area contributed by atoms with Gasteiger partial charge in [0.1, 0.15) is 0 Å². The molecule has 0 saturated carbocycles. The van der Waals surface area contributed by atoms with Crippen molar-refractivity contribution in [3.63, 3.8) is 0 Å². The smallest absolute Gasteiger partial charge is 0.243 e. The van der Waals surface area contributed by atoms with Gasteiger partial charge in [0.25, 0.3) is 0 Å². The van der Waals surface area contributed by atoms with Crippen LogP contribution < -0.4 is 5.32 Å². The summed E-state index contributed by atoms with van der Waals surface area (Å²) in [4.78, 5) is 17.8. The highest BCUT2D eigenvalue weighted by Crippen LogP contribution is 2.22. The van der Waals surface area contributed by atoms with Crippen molar-refractivity contribution in [2.24, 2.45) is 0 Å². The molecule has 8 heteroatoms. The summed E-state index contributed by atoms with van der Waals surface area (Å²) in [5.74, 6) is -0.405. The Labute approximate surface area is 153 Å². The first-order valence-corrected chi connectivity index (χ1v) is 10.2. The van der Waals surface area contributed by atoms with Crippen LogP contribution in [0, 0.1) is 20.8 Å². The van der Waals surface area contributed by atoms with E-state index < -0.39 is 15.9 Å². The summed E-state index contributed by atoms with van der Waals surface area (Å²) < 4.78 is 26.9. The predicted octanol–water partition coefficient (Wildman–Crippen LogP) is 3.11. The molecule has 1 heterocycles. The van der Waals surface area contributed by atoms with Crippen molar-refractivity contribution in [2.45, 2.75) is 45.6 Å². The standard InChI is InChI=1S/C17H23N3O3S2/c1-11(2)20(25(22,23)15-8-6-12(3)7-9-15)10-16(21)19-17-18-13(4)14(5)24-17/h6-9,11H,10H2,1-5H3,(H,18,19,21). The Morgan fingerprint density at radius 2 is 1.80 bits per heavy atom. The summed E-state index contributed by atoms with van der Waals surface area (Å²) in [6.07, 6.45) is 0. The molecule has 2 rings (SSSR count). The fourth-order valence-electron chi connectivity index (χ4n) is 2.22. The highest BCUT2D eigenvalue weighted by Gasteiger charge is 2.29. The van der Waals surface area contributed by atoms with Crippen molar-refractivity contribution in [3.8, 4) is 0 Å². The number of sulfonamides is 1. The lowest BCUT2D eigenvalue weighted by molar-refractivity contribution is -0.116. The van der Waals surface area contributed by atoms with Crippen molar-refractivity contribution in [3.05, 3.63) is 40.4 Å². The number of aromatic nitrogens is 1. The molecule has 1 aromatic heterocycles. The number of hydrogen-bond donors (Lipinski definition) is 1. The normalized spacial score (nSPS) is 12.0. The first-order valence-electron chi connectivity index (χ1n) is 7.93. The first-order chi connectivity index (χ1) is 11.6. The van der Waals surface area contributed by atoms with E-state index in [2.05, 4.69) is 10.3 Å². The average Bonchev–Trinajstić information content (AvgIpc) is 2.82. The number of nitrogens with zero attached hydrogens (tertiary/aromatic N) is 2. The van der Waals surface area contributed by atoms with Crippen LogP contribution in [0.3, 0.4) is 0 Å². The van der Waals surface area contributed by atoms with Crippen LogP contribution in [-0.4, -0.2) is 36.2 Å². The maximum Gasteiger partial charge on any atom is 0.243 e. The molecule has 1 amide bonds. The van der Waals surface area contributed by atoms with Crippen LogP contribution in [0.25, 0.3) is 0 Å². The molecule has 2 aromatic rings. The lowest BCUT2D eigenvalue weighted by atomic mass is 10.2. The summed E-state index contributed by atoms with van der Waals surface area (Å²) in [5.41, 5.74) is 1.83. The third-order valence-corrected chi connectivity index (χ3v) is 6.80. The van der Waals surface area contributed by atoms with E-state index in [-0.39, 0.29) is 17.5 Å². The number of nitrogens with one attached hydrogen (secondary N) is 1. The number of amides is 1. The zero-order chi connectivity index (χ0) is 18.8. The van der Waals surface area contributed by atoms with E-state index in [4.69, 9.17) is 0 Å². The van der Waals surface area contributed by atoms with Crippen LogP contribution in [-0.2, 0) is 14.8 Å². The van der Waals surface area contributed by atoms with Crippen LogP contribution in [0.5, 0.6) is 0 Å². The van der Waals surface area contributed by atoms with Crippen LogP contribution >= 0.6 is 11.3 Å². The summed E-state index contributed by atoms with van der Waals surface area (Å²) >= 11 is 1.37. The Hall–Kier alpha value is -1.77. The number of rotatable bonds is 6. The molecule has 0 aliphatic rings. The van der Waals surface area contributed by atoms with Crippen molar-refractivity contribution in [2.75, 3.05) is 11.9 Å². The summed E-state index contributed by atoms with van der Waals surface area (Å²) in [5, 5.41) is 3.17. The number of thiazole rings is 1. The zero-order valence-corrected chi connectivity index (χ0v) is 16.7. The van der Waals surface area contributed by atoms with Gasteiger partial charge in [-0.3, -0.25) is 4.79 Å². The van der Waals surface area contributed by atoms with Crippen molar-refractivity contribution >= 4 is 32.4 Å². The van der Waals surface area contributed by atoms with Crippen molar-refractivity contribution < 1.29 is 13.2 Å². The third-order valence-electron chi connectivity index (χ3n) is 3.78. The van der Waals surface area contributed by atoms with Crippen LogP contribution in [0.1, 0.15) is 30.0 Å². The monoisotopic (exact) mass is 381 g/mol. The lowest BCUT2D eigenvalue weighted by Gasteiger charge is -2.25. The number of carbonyl (C=O) groups is 1. The lowest BCUT2D eigenvalue weighted by Crippen LogP contribution is -2.42. The van der Waals surface area contributed by atoms with Gasteiger partial charge in [0.2, 0.25) is 15.9 Å². The maximum absolute atomic E-state index is 12.9. The Kier molecular flexibility index (Phi) is 5.97. The molecule has 0 aliphatic carbocycles. The van der Waals surface area contributed by atoms with Crippen molar-refractivity contribution in [1.29, 1.82) is 0 Å². The fraction of sp³-hybridized carbons (Fsp3) is 0.412. The van der Waals surface area contributed by atoms with Gasteiger partial charge in [-0.2, -0.15) is 4.31 Å². The predicted molar refractivity (Wildman–Crippen MR) is 100 cm³/mol. The Bertz CT molecular complexity index is 836. The van der Waals surface area contributed by atoms with Crippen molar-refractivity contribution in [1.82, 2.24) is 9.29 Å². The fourth-order valence-corrected chi connectivity index (χ4v) is 4.64. The van der Waals surface area contributed by atoms with Gasteiger partial charge in [-0.1, -0.05) is 17.7 Å². The number of carbonyl (C=O) groups excluding carboxylic acids is 1. The van der Waals surface area contributed by atoms with Crippen LogP contribution in [0.4, 0.5) is 5.13 Å². The maximum atomic E-state index is 12.9. The molecule has 0 aliphatic heterocycles. The number of benzene rings is 1. The van der Waals surface area contributed by atoms with E-state index in [0.29, 0.717) is 5.13 Å². The van der Waals surface area contributed by atoms with Gasteiger partial charge in [-0.25, -0.2) is 13.4 Å². The molecule has 0 atom stereocenters. The molecule has 1 aromatic carbocycles. The summed E-state index contributed by atoms with van der Waals surface area (Å²) in [6, 6.07) is 6.26. The molecule has 25 heavy (non-hydrogen) atoms. The van der Waals surface area contributed by atoms with Gasteiger partial charge in [0.15, 0.2) is 5.13 Å². The largest absolute Gasteiger partial charge is 0.301 e. The van der Waals surface area contributed by atoms with E-state index in [0.717, 1.165) is 16.1 Å². The van der Waals surface area contributed by atoms with Gasteiger partial charge >= 0.3 is 0 Å². The molecule has 6 nitrogen and oxygen atoms in total. The molecule has 0 bridgehead atoms. The third kappa shape index (κ3) is 4.65. The van der Waals surface area contributed by atoms with Gasteiger partial charge in [0.05, 0.1) is 17.1 Å². The molecule has 0 spiro atoms. The highest BCUT2D eigenvalue weighted by atomic mass is 32.2. The SMILES string of the molecule is Cc1ccc(S(=O)(=O)N(CC(=O)Nc2nc(C)c(C)s2)C(C)C)cc1. The second-order valence-electron chi connectivity index (χ2n) is 6.17. The minimum Gasteiger partial charge on any atom is -0.301 e. The van der Waals surface area contributed by atoms with Gasteiger partial charge in [-0.05, 0) is 46.8 Å². The van der Waals surface area contributed by atoms with Crippen LogP contribution in [0.2, 0.25) is 0 Å². The average molecular weight is 382 g/mol. The molecular weight excluding hydrogens is 358 g/mol. The second kappa shape index (κ2) is 7.63. The number of aryl methyl sites for hydroxylation is 3. The quantitative estimate of drug-likeness (QED) is 0.834. The summed E-state index contributed by atoms with van der Waals surface area (Å²) in [7, 11) is -3.75. The minimum atomic E-state index is -3.75. The Morgan fingerprint density at radius 1 is 1.20 bits per heavy atom. The molecular formula is C17H23N3O3S2. The molecule has 0 unspecified atom stereocenters. The second-order valence-corrected chi connectivity index (χ2v) is 9.26. The number of hydrogen-bond acceptors (Lipinski definition) is 5. The Balaban J connectivity index is 2.19. The topological polar surface area (TPSA) is 79.4 Å². The Morgan fingerprint density at radius 3 is 2.28 bits per heavy atom. The van der Waals surface area contributed by atoms with Gasteiger partial charge in [-0.15, -0.1) is 11.3 Å². The zero-order valence-electron chi connectivity index (χ0n) is 15.0. The van der Waals surface area contributed by atoms with Gasteiger partial charge < -0.3 is 5.32 Å². The molecule has 0 fully saturated rings. The highest BCUT2D eigenvalue weighted by molar-refractivity contribution is 7.89. The molecule has 1 N–H and O–H groups in total. The first kappa shape index (κ1) is 19.6.